The maximum atomic E-state index is 12.5. The van der Waals surface area contributed by atoms with Crippen molar-refractivity contribution in [2.24, 2.45) is 0 Å². The Morgan fingerprint density at radius 3 is 1.87 bits per heavy atom. The Kier molecular flexibility index (Phi) is 4.56. The first kappa shape index (κ1) is 15.1. The summed E-state index contributed by atoms with van der Waals surface area (Å²) in [6.07, 6.45) is -5.45. The van der Waals surface area contributed by atoms with E-state index in [9.17, 15) is 26.4 Å². The number of carbonyl (C=O) groups is 1. The monoisotopic (exact) mass is 360 g/mol. The lowest BCUT2D eigenvalue weighted by atomic mass is 10.0. The lowest BCUT2D eigenvalue weighted by molar-refractivity contribution is -0.228. The van der Waals surface area contributed by atoms with Crippen LogP contribution in [-0.2, 0) is 17.7 Å². The maximum Gasteiger partial charge on any atom is 0.426 e. The van der Waals surface area contributed by atoms with Crippen LogP contribution in [0, 0.1) is 0 Å². The minimum atomic E-state index is -5.07. The molecule has 0 spiro atoms. The van der Waals surface area contributed by atoms with E-state index in [0.717, 1.165) is 29.9 Å². The van der Waals surface area contributed by atoms with Crippen LogP contribution >= 0.6 is 23.0 Å². The molecule has 0 aromatic heterocycles. The molecule has 1 unspecified atom stereocenters. The van der Waals surface area contributed by atoms with E-state index in [4.69, 9.17) is 0 Å². The van der Waals surface area contributed by atoms with Crippen molar-refractivity contribution in [1.29, 1.82) is 0 Å². The molecule has 0 heterocycles. The van der Waals surface area contributed by atoms with Gasteiger partial charge in [0.15, 0.2) is 0 Å². The summed E-state index contributed by atoms with van der Waals surface area (Å²) in [5.74, 6) is 0. The summed E-state index contributed by atoms with van der Waals surface area (Å²) in [6, 6.07) is 0. The fraction of sp³-hybridized carbons (Fsp3) is 0.833. The maximum absolute atomic E-state index is 12.5. The van der Waals surface area contributed by atoms with Crippen LogP contribution in [0.25, 0.3) is 0 Å². The van der Waals surface area contributed by atoms with Crippen molar-refractivity contribution in [1.82, 2.24) is 0 Å². The zero-order valence-electron chi connectivity index (χ0n) is 7.76. The lowest BCUT2D eigenvalue weighted by Gasteiger charge is -2.29. The number of rotatable bonds is 3. The van der Waals surface area contributed by atoms with Crippen molar-refractivity contribution in [3.8, 4) is 0 Å². The Bertz CT molecular complexity index is 344. The molecule has 0 N–H and O–H groups in total. The van der Waals surface area contributed by atoms with Gasteiger partial charge < -0.3 is 0 Å². The van der Waals surface area contributed by atoms with E-state index in [1.807, 2.05) is 0 Å². The van der Waals surface area contributed by atoms with Gasteiger partial charge in [-0.3, -0.25) is 7.86 Å². The van der Waals surface area contributed by atoms with Gasteiger partial charge in [-0.2, -0.15) is 13.2 Å². The summed E-state index contributed by atoms with van der Waals surface area (Å²) < 4.78 is 63.3. The summed E-state index contributed by atoms with van der Waals surface area (Å²) >= 11 is 0.877. The Morgan fingerprint density at radius 1 is 1.40 bits per heavy atom. The fourth-order valence-electron chi connectivity index (χ4n) is 0.890. The van der Waals surface area contributed by atoms with Crippen LogP contribution in [0.1, 0.15) is 13.3 Å². The minimum absolute atomic E-state index is 0.418. The van der Waals surface area contributed by atoms with Gasteiger partial charge in [-0.15, -0.1) is 0 Å². The molecular weight excluding hydrogens is 352 g/mol. The molecule has 0 saturated heterocycles. The van der Waals surface area contributed by atoms with Gasteiger partial charge in [-0.25, -0.2) is 8.42 Å². The molecule has 0 aromatic rings. The van der Waals surface area contributed by atoms with Gasteiger partial charge in [0.1, 0.15) is 23.0 Å². The predicted octanol–water partition coefficient (Wildman–Crippen LogP) is 1.64. The van der Waals surface area contributed by atoms with Gasteiger partial charge in [0, 0.05) is 6.26 Å². The number of sulfone groups is 1. The van der Waals surface area contributed by atoms with Gasteiger partial charge >= 0.3 is 6.18 Å². The van der Waals surface area contributed by atoms with Gasteiger partial charge in [-0.1, -0.05) is 6.92 Å². The molecule has 0 aliphatic rings. The molecule has 0 aromatic carbocycles. The van der Waals surface area contributed by atoms with E-state index >= 15 is 0 Å². The van der Waals surface area contributed by atoms with Gasteiger partial charge in [0.25, 0.3) is 5.12 Å². The first-order valence-corrected chi connectivity index (χ1v) is 6.41. The summed E-state index contributed by atoms with van der Waals surface area (Å²) in [4.78, 5) is 11.2. The Morgan fingerprint density at radius 2 is 1.80 bits per heavy atom. The summed E-state index contributed by atoms with van der Waals surface area (Å²) in [6.45, 7) is 1.02. The molecule has 90 valence electrons. The highest BCUT2D eigenvalue weighted by atomic mass is 127. The van der Waals surface area contributed by atoms with Crippen molar-refractivity contribution in [2.75, 3.05) is 6.26 Å². The van der Waals surface area contributed by atoms with Crippen LogP contribution in [-0.4, -0.2) is 31.6 Å². The highest BCUT2D eigenvalue weighted by molar-refractivity contribution is 14.1. The van der Waals surface area contributed by atoms with E-state index in [1.54, 1.807) is 0 Å². The van der Waals surface area contributed by atoms with Crippen LogP contribution in [0.2, 0.25) is 0 Å². The van der Waals surface area contributed by atoms with Gasteiger partial charge in [-0.05, 0) is 6.42 Å². The second-order valence-corrected chi connectivity index (χ2v) is 5.17. The van der Waals surface area contributed by atoms with Crippen LogP contribution in [0.5, 0.6) is 0 Å². The van der Waals surface area contributed by atoms with E-state index in [0.29, 0.717) is 6.26 Å². The standard InChI is InChI=1S/C6H8F3IO4S/c1-3-5(14-10,6(7,8)9)4(11)15(2,12)13/h3H2,1-2H3. The van der Waals surface area contributed by atoms with Crippen LogP contribution in [0.15, 0.2) is 0 Å². The normalized spacial score (nSPS) is 17.2. The number of carbonyl (C=O) groups excluding carboxylic acids is 1. The molecule has 0 aliphatic heterocycles. The number of halogens is 4. The van der Waals surface area contributed by atoms with Crippen molar-refractivity contribution in [3.63, 3.8) is 0 Å². The fourth-order valence-corrected chi connectivity index (χ4v) is 2.70. The largest absolute Gasteiger partial charge is 0.426 e. The minimum Gasteiger partial charge on any atom is -0.290 e. The molecule has 4 nitrogen and oxygen atoms in total. The smallest absolute Gasteiger partial charge is 0.290 e. The number of alkyl halides is 3. The van der Waals surface area contributed by atoms with Gasteiger partial charge in [0.2, 0.25) is 15.4 Å². The first-order chi connectivity index (χ1) is 6.53. The van der Waals surface area contributed by atoms with E-state index in [-0.39, 0.29) is 0 Å². The summed E-state index contributed by atoms with van der Waals surface area (Å²) in [5, 5.41) is -1.97. The average molecular weight is 360 g/mol. The molecular formula is C6H8F3IO4S. The second-order valence-electron chi connectivity index (χ2n) is 2.82. The quantitative estimate of drug-likeness (QED) is 0.718. The van der Waals surface area contributed by atoms with Crippen molar-refractivity contribution < 1.29 is 29.4 Å². The zero-order valence-corrected chi connectivity index (χ0v) is 10.7. The highest BCUT2D eigenvalue weighted by Gasteiger charge is 2.63. The number of hydrogen-bond acceptors (Lipinski definition) is 4. The molecule has 0 radical (unpaired) electrons. The Labute approximate surface area is 98.8 Å². The first-order valence-electron chi connectivity index (χ1n) is 3.64. The topological polar surface area (TPSA) is 60.4 Å². The summed E-state index contributed by atoms with van der Waals surface area (Å²) in [5.41, 5.74) is -3.28. The van der Waals surface area contributed by atoms with Crippen molar-refractivity contribution in [3.05, 3.63) is 0 Å². The molecule has 9 heteroatoms. The lowest BCUT2D eigenvalue weighted by Crippen LogP contribution is -2.54. The second kappa shape index (κ2) is 4.53. The molecule has 0 rings (SSSR count). The van der Waals surface area contributed by atoms with Crippen LogP contribution in [0.3, 0.4) is 0 Å². The third-order valence-electron chi connectivity index (χ3n) is 1.75. The van der Waals surface area contributed by atoms with E-state index in [1.165, 1.54) is 0 Å². The molecule has 0 amide bonds. The molecule has 0 fully saturated rings. The van der Waals surface area contributed by atoms with Crippen molar-refractivity contribution >= 4 is 38.0 Å². The average Bonchev–Trinajstić information content (AvgIpc) is 2.03. The van der Waals surface area contributed by atoms with E-state index < -0.39 is 33.2 Å². The number of hydrogen-bond donors (Lipinski definition) is 0. The Balaban J connectivity index is 5.62. The highest BCUT2D eigenvalue weighted by Crippen LogP contribution is 2.39. The zero-order chi connectivity index (χ0) is 12.5. The van der Waals surface area contributed by atoms with Gasteiger partial charge in [0.05, 0.1) is 0 Å². The molecule has 15 heavy (non-hydrogen) atoms. The Hall–Kier alpha value is 0.100. The molecule has 1 atom stereocenters. The molecule has 0 aliphatic carbocycles. The van der Waals surface area contributed by atoms with Crippen molar-refractivity contribution in [2.45, 2.75) is 25.1 Å². The molecule has 0 bridgehead atoms. The van der Waals surface area contributed by atoms with Crippen LogP contribution in [0.4, 0.5) is 13.2 Å². The molecule has 0 saturated carbocycles. The van der Waals surface area contributed by atoms with Crippen LogP contribution < -0.4 is 0 Å². The van der Waals surface area contributed by atoms with E-state index in [2.05, 4.69) is 3.07 Å². The third-order valence-corrected chi connectivity index (χ3v) is 3.51. The SMILES string of the molecule is CCC(OI)(C(=O)S(C)(=O)=O)C(F)(F)F. The summed E-state index contributed by atoms with van der Waals surface area (Å²) in [7, 11) is -4.46. The third kappa shape index (κ3) is 2.81. The predicted molar refractivity (Wildman–Crippen MR) is 54.0 cm³/mol.